The Bertz CT molecular complexity index is 324. The SMILES string of the molecule is O=C(O)C(O)(OCCO)c1ccccc1. The minimum Gasteiger partial charge on any atom is -0.477 e. The van der Waals surface area contributed by atoms with Crippen LogP contribution in [0.25, 0.3) is 0 Å². The molecule has 1 atom stereocenters. The minimum atomic E-state index is -2.40. The van der Waals surface area contributed by atoms with E-state index in [9.17, 15) is 9.90 Å². The number of ether oxygens (including phenoxy) is 1. The molecule has 0 aromatic heterocycles. The van der Waals surface area contributed by atoms with Gasteiger partial charge in [-0.3, -0.25) is 0 Å². The number of aliphatic carboxylic acids is 1. The van der Waals surface area contributed by atoms with Crippen LogP contribution >= 0.6 is 0 Å². The maximum atomic E-state index is 10.9. The Labute approximate surface area is 86.5 Å². The van der Waals surface area contributed by atoms with Gasteiger partial charge >= 0.3 is 5.97 Å². The Morgan fingerprint density at radius 3 is 2.40 bits per heavy atom. The Balaban J connectivity index is 2.96. The zero-order valence-electron chi connectivity index (χ0n) is 7.96. The summed E-state index contributed by atoms with van der Waals surface area (Å²) in [6.45, 7) is -0.611. The molecule has 3 N–H and O–H groups in total. The third-order valence-electron chi connectivity index (χ3n) is 1.86. The van der Waals surface area contributed by atoms with Crippen molar-refractivity contribution in [2.75, 3.05) is 13.2 Å². The Morgan fingerprint density at radius 2 is 1.93 bits per heavy atom. The van der Waals surface area contributed by atoms with Gasteiger partial charge in [0.15, 0.2) is 0 Å². The first-order valence-electron chi connectivity index (χ1n) is 4.37. The first kappa shape index (κ1) is 11.6. The van der Waals surface area contributed by atoms with Crippen LogP contribution in [0.1, 0.15) is 5.56 Å². The van der Waals surface area contributed by atoms with Crippen LogP contribution in [0.5, 0.6) is 0 Å². The number of hydrogen-bond acceptors (Lipinski definition) is 4. The second-order valence-corrected chi connectivity index (χ2v) is 2.89. The molecule has 0 aliphatic carbocycles. The van der Waals surface area contributed by atoms with Gasteiger partial charge in [-0.05, 0) is 0 Å². The van der Waals surface area contributed by atoms with Gasteiger partial charge in [-0.2, -0.15) is 0 Å². The van der Waals surface area contributed by atoms with Crippen LogP contribution in [-0.4, -0.2) is 34.5 Å². The lowest BCUT2D eigenvalue weighted by Gasteiger charge is -2.23. The highest BCUT2D eigenvalue weighted by Crippen LogP contribution is 2.22. The molecule has 15 heavy (non-hydrogen) atoms. The largest absolute Gasteiger partial charge is 0.477 e. The Hall–Kier alpha value is -1.43. The van der Waals surface area contributed by atoms with E-state index in [0.29, 0.717) is 0 Å². The number of carboxylic acids is 1. The van der Waals surface area contributed by atoms with Gasteiger partial charge in [0, 0.05) is 5.56 Å². The maximum Gasteiger partial charge on any atom is 0.369 e. The molecule has 0 amide bonds. The smallest absolute Gasteiger partial charge is 0.369 e. The first-order valence-corrected chi connectivity index (χ1v) is 4.37. The molecule has 0 radical (unpaired) electrons. The molecule has 0 saturated heterocycles. The van der Waals surface area contributed by atoms with Crippen LogP contribution in [0.3, 0.4) is 0 Å². The molecule has 1 aromatic carbocycles. The van der Waals surface area contributed by atoms with E-state index in [-0.39, 0.29) is 18.8 Å². The Kier molecular flexibility index (Phi) is 3.79. The molecule has 0 fully saturated rings. The van der Waals surface area contributed by atoms with E-state index in [1.807, 2.05) is 0 Å². The predicted octanol–water partition coefficient (Wildman–Crippen LogP) is -0.0748. The zero-order chi connectivity index (χ0) is 11.3. The van der Waals surface area contributed by atoms with Crippen molar-refractivity contribution in [1.82, 2.24) is 0 Å². The van der Waals surface area contributed by atoms with Crippen LogP contribution in [0, 0.1) is 0 Å². The summed E-state index contributed by atoms with van der Waals surface area (Å²) in [6, 6.07) is 7.74. The van der Waals surface area contributed by atoms with Gasteiger partial charge in [0.1, 0.15) is 0 Å². The van der Waals surface area contributed by atoms with Crippen molar-refractivity contribution < 1.29 is 24.9 Å². The van der Waals surface area contributed by atoms with Gasteiger partial charge in [0.2, 0.25) is 0 Å². The van der Waals surface area contributed by atoms with E-state index in [2.05, 4.69) is 0 Å². The summed E-state index contributed by atoms with van der Waals surface area (Å²) in [5.41, 5.74) is 0.117. The number of aliphatic hydroxyl groups is 2. The molecule has 1 rings (SSSR count). The Morgan fingerprint density at radius 1 is 1.33 bits per heavy atom. The standard InChI is InChI=1S/C10H12O5/c11-6-7-15-10(14,9(12)13)8-4-2-1-3-5-8/h1-5,11,14H,6-7H2,(H,12,13). The van der Waals surface area contributed by atoms with Crippen LogP contribution in [-0.2, 0) is 15.3 Å². The van der Waals surface area contributed by atoms with E-state index in [0.717, 1.165) is 0 Å². The van der Waals surface area contributed by atoms with Crippen molar-refractivity contribution in [2.45, 2.75) is 5.79 Å². The molecule has 1 aromatic rings. The first-order chi connectivity index (χ1) is 7.11. The monoisotopic (exact) mass is 212 g/mol. The molecule has 82 valence electrons. The average Bonchev–Trinajstić information content (AvgIpc) is 2.27. The normalized spacial score (nSPS) is 14.5. The zero-order valence-corrected chi connectivity index (χ0v) is 7.96. The lowest BCUT2D eigenvalue weighted by atomic mass is 10.1. The lowest BCUT2D eigenvalue weighted by molar-refractivity contribution is -0.231. The fourth-order valence-electron chi connectivity index (χ4n) is 1.13. The molecule has 0 aliphatic heterocycles. The fraction of sp³-hybridized carbons (Fsp3) is 0.300. The highest BCUT2D eigenvalue weighted by molar-refractivity contribution is 5.77. The molecule has 5 heteroatoms. The quantitative estimate of drug-likeness (QED) is 0.594. The van der Waals surface area contributed by atoms with E-state index in [4.69, 9.17) is 14.9 Å². The molecule has 1 unspecified atom stereocenters. The second kappa shape index (κ2) is 4.88. The number of carbonyl (C=O) groups is 1. The highest BCUT2D eigenvalue weighted by atomic mass is 16.6. The van der Waals surface area contributed by atoms with Crippen molar-refractivity contribution in [1.29, 1.82) is 0 Å². The number of aliphatic hydroxyl groups excluding tert-OH is 1. The highest BCUT2D eigenvalue weighted by Gasteiger charge is 2.39. The topological polar surface area (TPSA) is 87.0 Å². The number of benzene rings is 1. The lowest BCUT2D eigenvalue weighted by Crippen LogP contribution is -2.39. The molecular formula is C10H12O5. The number of carboxylic acid groups (broad SMARTS) is 1. The maximum absolute atomic E-state index is 10.9. The summed E-state index contributed by atoms with van der Waals surface area (Å²) >= 11 is 0. The summed E-state index contributed by atoms with van der Waals surface area (Å²) in [4.78, 5) is 10.9. The summed E-state index contributed by atoms with van der Waals surface area (Å²) < 4.78 is 4.73. The summed E-state index contributed by atoms with van der Waals surface area (Å²) in [5, 5.41) is 27.1. The van der Waals surface area contributed by atoms with Crippen molar-refractivity contribution in [3.8, 4) is 0 Å². The van der Waals surface area contributed by atoms with Crippen LogP contribution in [0.2, 0.25) is 0 Å². The molecular weight excluding hydrogens is 200 g/mol. The van der Waals surface area contributed by atoms with Gasteiger partial charge < -0.3 is 20.1 Å². The van der Waals surface area contributed by atoms with Crippen LogP contribution in [0.4, 0.5) is 0 Å². The third-order valence-corrected chi connectivity index (χ3v) is 1.86. The van der Waals surface area contributed by atoms with Crippen LogP contribution in [0.15, 0.2) is 30.3 Å². The van der Waals surface area contributed by atoms with Gasteiger partial charge in [-0.15, -0.1) is 0 Å². The van der Waals surface area contributed by atoms with E-state index >= 15 is 0 Å². The van der Waals surface area contributed by atoms with Gasteiger partial charge in [-0.1, -0.05) is 30.3 Å². The second-order valence-electron chi connectivity index (χ2n) is 2.89. The van der Waals surface area contributed by atoms with Crippen LogP contribution < -0.4 is 0 Å². The van der Waals surface area contributed by atoms with Crippen molar-refractivity contribution in [3.63, 3.8) is 0 Å². The summed E-state index contributed by atoms with van der Waals surface area (Å²) in [7, 11) is 0. The van der Waals surface area contributed by atoms with Gasteiger partial charge in [0.05, 0.1) is 13.2 Å². The van der Waals surface area contributed by atoms with E-state index in [1.165, 1.54) is 12.1 Å². The minimum absolute atomic E-state index is 0.117. The predicted molar refractivity (Wildman–Crippen MR) is 51.0 cm³/mol. The van der Waals surface area contributed by atoms with Gasteiger partial charge in [0.25, 0.3) is 5.79 Å². The van der Waals surface area contributed by atoms with E-state index in [1.54, 1.807) is 18.2 Å². The molecule has 0 bridgehead atoms. The molecule has 0 saturated carbocycles. The number of rotatable bonds is 5. The molecule has 5 nitrogen and oxygen atoms in total. The fourth-order valence-corrected chi connectivity index (χ4v) is 1.13. The van der Waals surface area contributed by atoms with Crippen molar-refractivity contribution >= 4 is 5.97 Å². The molecule has 0 aliphatic rings. The average molecular weight is 212 g/mol. The molecule has 0 heterocycles. The number of hydrogen-bond donors (Lipinski definition) is 3. The van der Waals surface area contributed by atoms with Crippen molar-refractivity contribution in [2.24, 2.45) is 0 Å². The summed E-state index contributed by atoms with van der Waals surface area (Å²) in [6.07, 6.45) is 0. The van der Waals surface area contributed by atoms with Gasteiger partial charge in [-0.25, -0.2) is 4.79 Å². The van der Waals surface area contributed by atoms with E-state index < -0.39 is 11.8 Å². The molecule has 0 spiro atoms. The third kappa shape index (κ3) is 2.53. The van der Waals surface area contributed by atoms with Crippen molar-refractivity contribution in [3.05, 3.63) is 35.9 Å². The summed E-state index contributed by atoms with van der Waals surface area (Å²) in [5.74, 6) is -3.91.